The summed E-state index contributed by atoms with van der Waals surface area (Å²) < 4.78 is 0. The van der Waals surface area contributed by atoms with Crippen LogP contribution in [-0.2, 0) is 9.59 Å². The third-order valence-corrected chi connectivity index (χ3v) is 2.92. The van der Waals surface area contributed by atoms with Gasteiger partial charge in [0.15, 0.2) is 0 Å². The summed E-state index contributed by atoms with van der Waals surface area (Å²) in [7, 11) is 0. The predicted molar refractivity (Wildman–Crippen MR) is 79.2 cm³/mol. The number of carboxylic acid groups (broad SMARTS) is 1. The largest absolute Gasteiger partial charge is 0.481 e. The molecule has 1 aromatic rings. The number of hydrogen-bond donors (Lipinski definition) is 2. The molecule has 0 bridgehead atoms. The van der Waals surface area contributed by atoms with E-state index in [1.54, 1.807) is 6.07 Å². The molecule has 6 heteroatoms. The number of aryl methyl sites for hydroxylation is 1. The first-order chi connectivity index (χ1) is 9.93. The first-order valence-corrected chi connectivity index (χ1v) is 6.84. The highest BCUT2D eigenvalue weighted by Crippen LogP contribution is 2.15. The lowest BCUT2D eigenvalue weighted by molar-refractivity contribution is -0.137. The molecule has 0 fully saturated rings. The molecule has 114 valence electrons. The van der Waals surface area contributed by atoms with Crippen molar-refractivity contribution in [3.63, 3.8) is 0 Å². The lowest BCUT2D eigenvalue weighted by atomic mass is 10.2. The number of benzene rings is 1. The van der Waals surface area contributed by atoms with Gasteiger partial charge in [-0.1, -0.05) is 12.1 Å². The fourth-order valence-electron chi connectivity index (χ4n) is 1.89. The van der Waals surface area contributed by atoms with E-state index in [0.29, 0.717) is 12.2 Å². The Morgan fingerprint density at radius 1 is 1.24 bits per heavy atom. The zero-order valence-corrected chi connectivity index (χ0v) is 12.3. The van der Waals surface area contributed by atoms with Crippen molar-refractivity contribution in [2.24, 2.45) is 0 Å². The van der Waals surface area contributed by atoms with Crippen LogP contribution in [0.1, 0.15) is 31.7 Å². The highest BCUT2D eigenvalue weighted by Gasteiger charge is 2.16. The van der Waals surface area contributed by atoms with Gasteiger partial charge in [0.25, 0.3) is 0 Å². The van der Waals surface area contributed by atoms with Gasteiger partial charge in [0.05, 0.1) is 0 Å². The Hall–Kier alpha value is -2.37. The van der Waals surface area contributed by atoms with Gasteiger partial charge >= 0.3 is 12.0 Å². The van der Waals surface area contributed by atoms with Gasteiger partial charge in [-0.05, 0) is 38.0 Å². The molecule has 1 rings (SSSR count). The van der Waals surface area contributed by atoms with E-state index in [9.17, 15) is 14.4 Å². The number of hydrogen-bond acceptors (Lipinski definition) is 3. The van der Waals surface area contributed by atoms with E-state index in [4.69, 9.17) is 5.11 Å². The lowest BCUT2D eigenvalue weighted by Crippen LogP contribution is -2.43. The van der Waals surface area contributed by atoms with Crippen molar-refractivity contribution in [1.29, 1.82) is 0 Å². The summed E-state index contributed by atoms with van der Waals surface area (Å²) in [6.07, 6.45) is 0.144. The number of nitrogens with zero attached hydrogens (tertiary/aromatic N) is 1. The smallest absolute Gasteiger partial charge is 0.328 e. The lowest BCUT2D eigenvalue weighted by Gasteiger charge is -2.21. The molecule has 0 radical (unpaired) electrons. The summed E-state index contributed by atoms with van der Waals surface area (Å²) in [5, 5.41) is 10.8. The zero-order chi connectivity index (χ0) is 15.8. The van der Waals surface area contributed by atoms with Crippen LogP contribution in [0.3, 0.4) is 0 Å². The molecule has 2 N–H and O–H groups in total. The van der Waals surface area contributed by atoms with Gasteiger partial charge in [-0.25, -0.2) is 4.79 Å². The monoisotopic (exact) mass is 292 g/mol. The Bertz CT molecular complexity index is 528. The van der Waals surface area contributed by atoms with Gasteiger partial charge < -0.3 is 5.11 Å². The van der Waals surface area contributed by atoms with Crippen molar-refractivity contribution in [1.82, 2.24) is 5.32 Å². The molecule has 0 heterocycles. The van der Waals surface area contributed by atoms with Crippen LogP contribution in [-0.4, -0.2) is 29.6 Å². The summed E-state index contributed by atoms with van der Waals surface area (Å²) in [6, 6.07) is 6.92. The highest BCUT2D eigenvalue weighted by molar-refractivity contribution is 6.02. The molecule has 0 atom stereocenters. The normalized spacial score (nSPS) is 10.0. The van der Waals surface area contributed by atoms with Crippen LogP contribution in [0.2, 0.25) is 0 Å². The third kappa shape index (κ3) is 5.64. The van der Waals surface area contributed by atoms with E-state index in [-0.39, 0.29) is 19.3 Å². The number of carbonyl (C=O) groups excluding carboxylic acids is 2. The average Bonchev–Trinajstić information content (AvgIpc) is 2.39. The topological polar surface area (TPSA) is 86.7 Å². The van der Waals surface area contributed by atoms with Gasteiger partial charge in [-0.15, -0.1) is 0 Å². The number of imide groups is 1. The fourth-order valence-corrected chi connectivity index (χ4v) is 1.89. The summed E-state index contributed by atoms with van der Waals surface area (Å²) in [6.45, 7) is 4.17. The molecule has 0 saturated carbocycles. The van der Waals surface area contributed by atoms with Gasteiger partial charge in [0.2, 0.25) is 5.91 Å². The van der Waals surface area contributed by atoms with Crippen molar-refractivity contribution in [3.05, 3.63) is 29.8 Å². The van der Waals surface area contributed by atoms with Crippen molar-refractivity contribution < 1.29 is 19.5 Å². The number of rotatable bonds is 6. The molecule has 0 aliphatic carbocycles. The van der Waals surface area contributed by atoms with Crippen molar-refractivity contribution in [2.45, 2.75) is 33.1 Å². The van der Waals surface area contributed by atoms with Gasteiger partial charge in [0, 0.05) is 25.1 Å². The molecule has 0 aliphatic rings. The third-order valence-electron chi connectivity index (χ3n) is 2.92. The Morgan fingerprint density at radius 2 is 1.95 bits per heavy atom. The molecular weight excluding hydrogens is 272 g/mol. The molecule has 1 aromatic carbocycles. The van der Waals surface area contributed by atoms with E-state index in [1.807, 2.05) is 32.0 Å². The molecule has 0 aliphatic heterocycles. The number of anilines is 1. The maximum atomic E-state index is 12.1. The number of aliphatic carboxylic acids is 1. The maximum absolute atomic E-state index is 12.1. The Balaban J connectivity index is 2.59. The molecular formula is C15H20N2O4. The van der Waals surface area contributed by atoms with Crippen LogP contribution in [0.4, 0.5) is 10.5 Å². The van der Waals surface area contributed by atoms with Crippen molar-refractivity contribution in [3.8, 4) is 0 Å². The van der Waals surface area contributed by atoms with Crippen molar-refractivity contribution >= 4 is 23.6 Å². The molecule has 3 amide bonds. The Morgan fingerprint density at radius 3 is 2.52 bits per heavy atom. The minimum atomic E-state index is -0.955. The summed E-state index contributed by atoms with van der Waals surface area (Å²) in [5.74, 6) is -1.42. The molecule has 0 spiro atoms. The number of urea groups is 1. The van der Waals surface area contributed by atoms with Crippen LogP contribution in [0, 0.1) is 6.92 Å². The van der Waals surface area contributed by atoms with E-state index in [1.165, 1.54) is 4.90 Å². The minimum Gasteiger partial charge on any atom is -0.481 e. The summed E-state index contributed by atoms with van der Waals surface area (Å²) in [5.41, 5.74) is 1.74. The maximum Gasteiger partial charge on any atom is 0.328 e. The number of carbonyl (C=O) groups is 3. The van der Waals surface area contributed by atoms with Crippen LogP contribution in [0.15, 0.2) is 24.3 Å². The minimum absolute atomic E-state index is 0.0173. The highest BCUT2D eigenvalue weighted by atomic mass is 16.4. The molecule has 0 unspecified atom stereocenters. The molecule has 21 heavy (non-hydrogen) atoms. The Kier molecular flexibility index (Phi) is 6.39. The molecule has 6 nitrogen and oxygen atoms in total. The number of carboxylic acids is 1. The van der Waals surface area contributed by atoms with Crippen molar-refractivity contribution in [2.75, 3.05) is 11.4 Å². The summed E-state index contributed by atoms with van der Waals surface area (Å²) in [4.78, 5) is 35.5. The van der Waals surface area contributed by atoms with Crippen LogP contribution < -0.4 is 10.2 Å². The summed E-state index contributed by atoms with van der Waals surface area (Å²) >= 11 is 0. The fraction of sp³-hybridized carbons (Fsp3) is 0.400. The van der Waals surface area contributed by atoms with Crippen LogP contribution in [0.25, 0.3) is 0 Å². The second-order valence-corrected chi connectivity index (χ2v) is 4.68. The van der Waals surface area contributed by atoms with Gasteiger partial charge in [-0.3, -0.25) is 19.8 Å². The Labute approximate surface area is 123 Å². The first-order valence-electron chi connectivity index (χ1n) is 6.84. The van der Waals surface area contributed by atoms with Gasteiger partial charge in [-0.2, -0.15) is 0 Å². The second kappa shape index (κ2) is 8.04. The number of nitrogens with one attached hydrogen (secondary N) is 1. The van der Waals surface area contributed by atoms with Gasteiger partial charge in [0.1, 0.15) is 0 Å². The predicted octanol–water partition coefficient (Wildman–Crippen LogP) is 2.31. The molecule has 0 saturated heterocycles. The quantitative estimate of drug-likeness (QED) is 0.842. The van der Waals surface area contributed by atoms with Crippen LogP contribution >= 0.6 is 0 Å². The SMILES string of the molecule is CCN(C(=O)NC(=O)CCCC(=O)O)c1cccc(C)c1. The van der Waals surface area contributed by atoms with E-state index < -0.39 is 17.9 Å². The van der Waals surface area contributed by atoms with E-state index in [2.05, 4.69) is 5.32 Å². The number of amides is 3. The standard InChI is InChI=1S/C15H20N2O4/c1-3-17(12-7-4-6-11(2)10-12)15(21)16-13(18)8-5-9-14(19)20/h4,6-7,10H,3,5,8-9H2,1-2H3,(H,19,20)(H,16,18,21). The first kappa shape index (κ1) is 16.7. The second-order valence-electron chi connectivity index (χ2n) is 4.68. The van der Waals surface area contributed by atoms with E-state index >= 15 is 0 Å². The molecule has 0 aromatic heterocycles. The zero-order valence-electron chi connectivity index (χ0n) is 12.3. The van der Waals surface area contributed by atoms with Crippen LogP contribution in [0.5, 0.6) is 0 Å². The van der Waals surface area contributed by atoms with E-state index in [0.717, 1.165) is 5.56 Å². The average molecular weight is 292 g/mol.